The van der Waals surface area contributed by atoms with Crippen LogP contribution in [0, 0.1) is 0 Å². The minimum Gasteiger partial charge on any atom is -0.396 e. The maximum absolute atomic E-state index is 12.2. The van der Waals surface area contributed by atoms with Crippen LogP contribution in [0.25, 0.3) is 0 Å². The Labute approximate surface area is 149 Å². The molecule has 1 unspecified atom stereocenters. The van der Waals surface area contributed by atoms with Crippen LogP contribution in [0.4, 0.5) is 0 Å². The molecule has 0 heterocycles. The van der Waals surface area contributed by atoms with Gasteiger partial charge >= 0.3 is 0 Å². The molecule has 0 radical (unpaired) electrons. The number of halogens is 2. The van der Waals surface area contributed by atoms with Crippen molar-refractivity contribution in [3.05, 3.63) is 69.2 Å². The van der Waals surface area contributed by atoms with E-state index >= 15 is 0 Å². The molecule has 3 nitrogen and oxygen atoms in total. The quantitative estimate of drug-likeness (QED) is 0.729. The lowest BCUT2D eigenvalue weighted by molar-refractivity contribution is 0.0952. The van der Waals surface area contributed by atoms with Crippen LogP contribution in [0.5, 0.6) is 0 Å². The Morgan fingerprint density at radius 3 is 2.61 bits per heavy atom. The van der Waals surface area contributed by atoms with Crippen molar-refractivity contribution < 1.29 is 9.90 Å². The van der Waals surface area contributed by atoms with Crippen molar-refractivity contribution in [2.75, 3.05) is 13.2 Å². The first kappa shape index (κ1) is 18.0. The minimum absolute atomic E-state index is 0.130. The summed E-state index contributed by atoms with van der Waals surface area (Å²) in [6, 6.07) is 15.2. The third kappa shape index (κ3) is 5.34. The summed E-state index contributed by atoms with van der Waals surface area (Å²) in [7, 11) is 0. The summed E-state index contributed by atoms with van der Waals surface area (Å²) in [4.78, 5) is 12.2. The van der Waals surface area contributed by atoms with Gasteiger partial charge in [-0.15, -0.1) is 0 Å². The van der Waals surface area contributed by atoms with Crippen molar-refractivity contribution in [2.45, 2.75) is 18.8 Å². The molecule has 0 aromatic heterocycles. The molecule has 5 heteroatoms. The van der Waals surface area contributed by atoms with Crippen LogP contribution in [0.3, 0.4) is 0 Å². The molecule has 2 aromatic carbocycles. The highest BCUT2D eigenvalue weighted by atomic mass is 79.9. The monoisotopic (exact) mass is 395 g/mol. The molecule has 2 N–H and O–H groups in total. The van der Waals surface area contributed by atoms with Gasteiger partial charge < -0.3 is 10.4 Å². The Morgan fingerprint density at radius 2 is 1.91 bits per heavy atom. The van der Waals surface area contributed by atoms with Gasteiger partial charge in [-0.3, -0.25) is 4.79 Å². The summed E-state index contributed by atoms with van der Waals surface area (Å²) >= 11 is 9.40. The van der Waals surface area contributed by atoms with Crippen molar-refractivity contribution >= 4 is 33.4 Å². The van der Waals surface area contributed by atoms with Crippen molar-refractivity contribution in [1.82, 2.24) is 5.32 Å². The normalized spacial score (nSPS) is 12.0. The Morgan fingerprint density at radius 1 is 1.17 bits per heavy atom. The second kappa shape index (κ2) is 9.06. The van der Waals surface area contributed by atoms with E-state index in [2.05, 4.69) is 21.2 Å². The van der Waals surface area contributed by atoms with Gasteiger partial charge in [-0.25, -0.2) is 0 Å². The molecule has 0 aliphatic carbocycles. The molecule has 0 aliphatic heterocycles. The first-order valence-corrected chi connectivity index (χ1v) is 8.68. The second-order valence-corrected chi connectivity index (χ2v) is 6.61. The number of aliphatic hydroxyl groups is 1. The third-order valence-electron chi connectivity index (χ3n) is 3.70. The van der Waals surface area contributed by atoms with Gasteiger partial charge in [-0.1, -0.05) is 57.9 Å². The molecule has 0 bridgehead atoms. The summed E-state index contributed by atoms with van der Waals surface area (Å²) in [5.41, 5.74) is 1.63. The van der Waals surface area contributed by atoms with Crippen LogP contribution in [0.15, 0.2) is 53.0 Å². The fraction of sp³-hybridized carbons (Fsp3) is 0.278. The minimum atomic E-state index is -0.188. The van der Waals surface area contributed by atoms with E-state index in [0.717, 1.165) is 10.9 Å². The molecule has 2 rings (SSSR count). The van der Waals surface area contributed by atoms with Gasteiger partial charge in [0.25, 0.3) is 5.91 Å². The highest BCUT2D eigenvalue weighted by molar-refractivity contribution is 9.10. The molecular weight excluding hydrogens is 378 g/mol. The summed E-state index contributed by atoms with van der Waals surface area (Å²) in [6.45, 7) is 0.659. The molecule has 122 valence electrons. The zero-order valence-corrected chi connectivity index (χ0v) is 15.0. The average molecular weight is 397 g/mol. The summed E-state index contributed by atoms with van der Waals surface area (Å²) in [5, 5.41) is 12.6. The number of rotatable bonds is 7. The number of carbonyl (C=O) groups excluding carboxylic acids is 1. The highest BCUT2D eigenvalue weighted by Crippen LogP contribution is 2.23. The molecule has 0 saturated carbocycles. The van der Waals surface area contributed by atoms with Crippen LogP contribution in [0.1, 0.15) is 34.7 Å². The van der Waals surface area contributed by atoms with Crippen LogP contribution in [-0.4, -0.2) is 24.2 Å². The number of amides is 1. The fourth-order valence-electron chi connectivity index (χ4n) is 2.49. The third-order valence-corrected chi connectivity index (χ3v) is 4.52. The van der Waals surface area contributed by atoms with E-state index in [9.17, 15) is 9.90 Å². The molecular formula is C18H19BrClNO2. The lowest BCUT2D eigenvalue weighted by Crippen LogP contribution is -2.26. The van der Waals surface area contributed by atoms with Crippen LogP contribution >= 0.6 is 27.5 Å². The number of hydrogen-bond acceptors (Lipinski definition) is 2. The topological polar surface area (TPSA) is 49.3 Å². The Kier molecular flexibility index (Phi) is 7.09. The number of benzene rings is 2. The Bertz CT molecular complexity index is 649. The van der Waals surface area contributed by atoms with E-state index in [-0.39, 0.29) is 18.4 Å². The number of carbonyl (C=O) groups is 1. The zero-order valence-electron chi connectivity index (χ0n) is 12.6. The van der Waals surface area contributed by atoms with E-state index in [1.165, 1.54) is 5.56 Å². The first-order chi connectivity index (χ1) is 11.1. The SMILES string of the molecule is O=C(NCCC(CCO)c1ccccc1)c1cc(Br)ccc1Cl. The lowest BCUT2D eigenvalue weighted by Gasteiger charge is -2.17. The molecule has 1 atom stereocenters. The molecule has 0 aliphatic rings. The average Bonchev–Trinajstić information content (AvgIpc) is 2.57. The predicted octanol–water partition coefficient (Wildman–Crippen LogP) is 4.39. The maximum Gasteiger partial charge on any atom is 0.252 e. The fourth-order valence-corrected chi connectivity index (χ4v) is 3.05. The van der Waals surface area contributed by atoms with Crippen LogP contribution in [-0.2, 0) is 0 Å². The van der Waals surface area contributed by atoms with E-state index in [0.29, 0.717) is 23.6 Å². The second-order valence-electron chi connectivity index (χ2n) is 5.29. The maximum atomic E-state index is 12.2. The molecule has 1 amide bonds. The van der Waals surface area contributed by atoms with Gasteiger partial charge in [0.15, 0.2) is 0 Å². The number of hydrogen-bond donors (Lipinski definition) is 2. The van der Waals surface area contributed by atoms with Gasteiger partial charge in [0.1, 0.15) is 0 Å². The van der Waals surface area contributed by atoms with Crippen molar-refractivity contribution in [3.8, 4) is 0 Å². The number of nitrogens with one attached hydrogen (secondary N) is 1. The van der Waals surface area contributed by atoms with Gasteiger partial charge in [0.05, 0.1) is 10.6 Å². The molecule has 23 heavy (non-hydrogen) atoms. The standard InChI is InChI=1S/C18H19BrClNO2/c19-15-6-7-17(20)16(12-15)18(23)21-10-8-14(9-11-22)13-4-2-1-3-5-13/h1-7,12,14,22H,8-11H2,(H,21,23). The Hall–Kier alpha value is -1.36. The van der Waals surface area contributed by atoms with Gasteiger partial charge in [-0.05, 0) is 42.5 Å². The van der Waals surface area contributed by atoms with Gasteiger partial charge in [-0.2, -0.15) is 0 Å². The summed E-state index contributed by atoms with van der Waals surface area (Å²) < 4.78 is 0.814. The van der Waals surface area contributed by atoms with E-state index < -0.39 is 0 Å². The van der Waals surface area contributed by atoms with Crippen LogP contribution in [0.2, 0.25) is 5.02 Å². The Balaban J connectivity index is 1.94. The van der Waals surface area contributed by atoms with Gasteiger partial charge in [0.2, 0.25) is 0 Å². The molecule has 0 saturated heterocycles. The molecule has 0 spiro atoms. The van der Waals surface area contributed by atoms with E-state index in [1.54, 1.807) is 18.2 Å². The van der Waals surface area contributed by atoms with Crippen molar-refractivity contribution in [1.29, 1.82) is 0 Å². The van der Waals surface area contributed by atoms with Crippen molar-refractivity contribution in [3.63, 3.8) is 0 Å². The predicted molar refractivity (Wildman–Crippen MR) is 97.0 cm³/mol. The van der Waals surface area contributed by atoms with Crippen molar-refractivity contribution in [2.24, 2.45) is 0 Å². The van der Waals surface area contributed by atoms with E-state index in [1.807, 2.05) is 30.3 Å². The summed E-state index contributed by atoms with van der Waals surface area (Å²) in [5.74, 6) is 0.0339. The number of aliphatic hydroxyl groups excluding tert-OH is 1. The molecule has 0 fully saturated rings. The first-order valence-electron chi connectivity index (χ1n) is 7.51. The van der Waals surface area contributed by atoms with Crippen LogP contribution < -0.4 is 5.32 Å². The molecule has 2 aromatic rings. The summed E-state index contributed by atoms with van der Waals surface area (Å²) in [6.07, 6.45) is 1.44. The highest BCUT2D eigenvalue weighted by Gasteiger charge is 2.13. The lowest BCUT2D eigenvalue weighted by atomic mass is 9.93. The van der Waals surface area contributed by atoms with E-state index in [4.69, 9.17) is 11.6 Å². The van der Waals surface area contributed by atoms with Gasteiger partial charge in [0, 0.05) is 17.6 Å². The largest absolute Gasteiger partial charge is 0.396 e. The smallest absolute Gasteiger partial charge is 0.252 e. The zero-order chi connectivity index (χ0) is 16.7.